The standard InChI is InChI=1S/C25H35NO8/c1-12-5-13(2)23(29)17(6-12)18(34-15(4)25(31)20-11-33-20)7-16-8-21(27)26(22(28)9-16)14(3)24(30)19-10-32-19/h12-20H,5-11H2,1-4H3/t12-,13?,14?,15?,17?,18+,19?,20?/m0/s1. The minimum atomic E-state index is -0.849. The molecule has 1 aliphatic carbocycles. The number of rotatable bonds is 10. The Hall–Kier alpha value is -1.97. The minimum absolute atomic E-state index is 0.0921. The maximum Gasteiger partial charge on any atom is 0.230 e. The number of carbonyl (C=O) groups excluding carboxylic acids is 5. The summed E-state index contributed by atoms with van der Waals surface area (Å²) in [7, 11) is 0. The Morgan fingerprint density at radius 3 is 2.09 bits per heavy atom. The number of nitrogens with zero attached hydrogens (tertiary/aromatic N) is 1. The lowest BCUT2D eigenvalue weighted by Crippen LogP contribution is -2.52. The molecule has 4 fully saturated rings. The monoisotopic (exact) mass is 477 g/mol. The van der Waals surface area contributed by atoms with Crippen molar-refractivity contribution in [2.45, 2.75) is 90.3 Å². The van der Waals surface area contributed by atoms with Crippen LogP contribution in [0.3, 0.4) is 0 Å². The second kappa shape index (κ2) is 9.95. The van der Waals surface area contributed by atoms with Gasteiger partial charge in [-0.1, -0.05) is 13.8 Å². The Kier molecular flexibility index (Phi) is 7.36. The highest BCUT2D eigenvalue weighted by Gasteiger charge is 2.46. The molecule has 4 rings (SSSR count). The Balaban J connectivity index is 1.46. The van der Waals surface area contributed by atoms with Crippen LogP contribution in [0.2, 0.25) is 0 Å². The summed E-state index contributed by atoms with van der Waals surface area (Å²) in [5.41, 5.74) is 0. The van der Waals surface area contributed by atoms with Crippen LogP contribution in [0.15, 0.2) is 0 Å². The summed E-state index contributed by atoms with van der Waals surface area (Å²) in [4.78, 5) is 64.7. The molecule has 188 valence electrons. The van der Waals surface area contributed by atoms with Crippen LogP contribution < -0.4 is 0 Å². The molecule has 2 amide bonds. The van der Waals surface area contributed by atoms with Crippen molar-refractivity contribution < 1.29 is 38.2 Å². The summed E-state index contributed by atoms with van der Waals surface area (Å²) in [6, 6.07) is -0.849. The molecule has 6 unspecified atom stereocenters. The maximum absolute atomic E-state index is 13.1. The van der Waals surface area contributed by atoms with Crippen LogP contribution in [0, 0.1) is 23.7 Å². The number of hydrogen-bond acceptors (Lipinski definition) is 8. The number of epoxide rings is 2. The van der Waals surface area contributed by atoms with Gasteiger partial charge in [0.25, 0.3) is 0 Å². The van der Waals surface area contributed by atoms with Crippen molar-refractivity contribution in [3.63, 3.8) is 0 Å². The van der Waals surface area contributed by atoms with Crippen molar-refractivity contribution in [1.29, 1.82) is 0 Å². The van der Waals surface area contributed by atoms with Crippen molar-refractivity contribution in [2.75, 3.05) is 13.2 Å². The van der Waals surface area contributed by atoms with Gasteiger partial charge in [-0.25, -0.2) is 0 Å². The Morgan fingerprint density at radius 1 is 0.971 bits per heavy atom. The SMILES string of the molecule is CC1C[C@H](C)CC([C@@H](CC2CC(=O)N(C(C)C(=O)C3CO3)C(=O)C2)OC(C)C(=O)C2CO2)C1=O. The molecule has 0 radical (unpaired) electrons. The highest BCUT2D eigenvalue weighted by atomic mass is 16.6. The second-order valence-electron chi connectivity index (χ2n) is 10.6. The van der Waals surface area contributed by atoms with Crippen LogP contribution >= 0.6 is 0 Å². The molecule has 3 aliphatic heterocycles. The lowest BCUT2D eigenvalue weighted by molar-refractivity contribution is -0.158. The van der Waals surface area contributed by atoms with Crippen molar-refractivity contribution in [2.24, 2.45) is 23.7 Å². The second-order valence-corrected chi connectivity index (χ2v) is 10.6. The van der Waals surface area contributed by atoms with E-state index in [1.165, 1.54) is 0 Å². The normalized spacial score (nSPS) is 34.5. The molecule has 3 heterocycles. The average molecular weight is 478 g/mol. The maximum atomic E-state index is 13.1. The highest BCUT2D eigenvalue weighted by Crippen LogP contribution is 2.38. The van der Waals surface area contributed by atoms with Gasteiger partial charge in [-0.15, -0.1) is 0 Å². The van der Waals surface area contributed by atoms with Crippen molar-refractivity contribution in [3.05, 3.63) is 0 Å². The van der Waals surface area contributed by atoms with Gasteiger partial charge >= 0.3 is 0 Å². The largest absolute Gasteiger partial charge is 0.367 e. The number of Topliss-reactive ketones (excluding diaryl/α,β-unsaturated/α-hetero) is 3. The predicted molar refractivity (Wildman–Crippen MR) is 119 cm³/mol. The molecule has 9 nitrogen and oxygen atoms in total. The van der Waals surface area contributed by atoms with E-state index in [0.717, 1.165) is 11.3 Å². The van der Waals surface area contributed by atoms with Gasteiger partial charge in [0.05, 0.1) is 25.4 Å². The Labute approximate surface area is 199 Å². The highest BCUT2D eigenvalue weighted by molar-refractivity contribution is 6.03. The van der Waals surface area contributed by atoms with Gasteiger partial charge < -0.3 is 14.2 Å². The van der Waals surface area contributed by atoms with Gasteiger partial charge in [-0.3, -0.25) is 28.9 Å². The van der Waals surface area contributed by atoms with Gasteiger partial charge in [0.15, 0.2) is 11.6 Å². The van der Waals surface area contributed by atoms with Crippen LogP contribution in [0.25, 0.3) is 0 Å². The lowest BCUT2D eigenvalue weighted by Gasteiger charge is -2.39. The molecule has 4 aliphatic rings. The molecular weight excluding hydrogens is 442 g/mol. The molecule has 0 N–H and O–H groups in total. The molecule has 0 aromatic heterocycles. The first kappa shape index (κ1) is 25.1. The van der Waals surface area contributed by atoms with Crippen LogP contribution in [-0.4, -0.2) is 77.7 Å². The summed E-state index contributed by atoms with van der Waals surface area (Å²) in [6.45, 7) is 7.97. The summed E-state index contributed by atoms with van der Waals surface area (Å²) >= 11 is 0. The first-order chi connectivity index (χ1) is 16.1. The fraction of sp³-hybridized carbons (Fsp3) is 0.800. The first-order valence-electron chi connectivity index (χ1n) is 12.4. The molecule has 1 saturated carbocycles. The van der Waals surface area contributed by atoms with Crippen LogP contribution in [0.4, 0.5) is 0 Å². The van der Waals surface area contributed by atoms with E-state index < -0.39 is 42.3 Å². The number of hydrogen-bond donors (Lipinski definition) is 0. The van der Waals surface area contributed by atoms with Crippen LogP contribution in [0.1, 0.15) is 59.8 Å². The molecule has 34 heavy (non-hydrogen) atoms. The van der Waals surface area contributed by atoms with E-state index in [2.05, 4.69) is 6.92 Å². The third-order valence-corrected chi connectivity index (χ3v) is 7.62. The van der Waals surface area contributed by atoms with Gasteiger partial charge in [-0.2, -0.15) is 0 Å². The zero-order valence-corrected chi connectivity index (χ0v) is 20.4. The van der Waals surface area contributed by atoms with E-state index in [9.17, 15) is 24.0 Å². The van der Waals surface area contributed by atoms with Gasteiger partial charge in [0.2, 0.25) is 11.8 Å². The number of ether oxygens (including phenoxy) is 3. The topological polar surface area (TPSA) is 123 Å². The van der Waals surface area contributed by atoms with Crippen molar-refractivity contribution in [1.82, 2.24) is 4.90 Å². The Bertz CT molecular complexity index is 845. The van der Waals surface area contributed by atoms with Gasteiger partial charge in [0.1, 0.15) is 24.1 Å². The summed E-state index contributed by atoms with van der Waals surface area (Å²) in [6.07, 6.45) is -0.284. The van der Waals surface area contributed by atoms with Crippen molar-refractivity contribution >= 4 is 29.2 Å². The summed E-state index contributed by atoms with van der Waals surface area (Å²) < 4.78 is 16.3. The first-order valence-corrected chi connectivity index (χ1v) is 12.4. The molecule has 8 atom stereocenters. The van der Waals surface area contributed by atoms with Gasteiger partial charge in [-0.05, 0) is 44.9 Å². The zero-order chi connectivity index (χ0) is 24.7. The van der Waals surface area contributed by atoms with E-state index in [1.54, 1.807) is 13.8 Å². The average Bonchev–Trinajstić information content (AvgIpc) is 3.67. The summed E-state index contributed by atoms with van der Waals surface area (Å²) in [5, 5.41) is 0. The fourth-order valence-corrected chi connectivity index (χ4v) is 5.62. The van der Waals surface area contributed by atoms with E-state index in [4.69, 9.17) is 14.2 Å². The molecule has 9 heteroatoms. The molecule has 3 saturated heterocycles. The molecule has 0 aromatic carbocycles. The quantitative estimate of drug-likeness (QED) is 0.343. The minimum Gasteiger partial charge on any atom is -0.367 e. The van der Waals surface area contributed by atoms with E-state index in [0.29, 0.717) is 32.0 Å². The summed E-state index contributed by atoms with van der Waals surface area (Å²) in [5.74, 6) is -1.54. The number of carbonyl (C=O) groups is 5. The smallest absolute Gasteiger partial charge is 0.230 e. The predicted octanol–water partition coefficient (Wildman–Crippen LogP) is 1.49. The molecule has 0 aromatic rings. The van der Waals surface area contributed by atoms with E-state index >= 15 is 0 Å². The van der Waals surface area contributed by atoms with Crippen LogP contribution in [0.5, 0.6) is 0 Å². The van der Waals surface area contributed by atoms with E-state index in [1.807, 2.05) is 6.92 Å². The third kappa shape index (κ3) is 5.47. The number of amides is 2. The molecule has 0 bridgehead atoms. The number of imide groups is 1. The van der Waals surface area contributed by atoms with Crippen molar-refractivity contribution in [3.8, 4) is 0 Å². The van der Waals surface area contributed by atoms with E-state index in [-0.39, 0.29) is 47.9 Å². The molecule has 0 spiro atoms. The molecular formula is C25H35NO8. The number of likely N-dealkylation sites (tertiary alicyclic amines) is 1. The third-order valence-electron chi connectivity index (χ3n) is 7.62. The fourth-order valence-electron chi connectivity index (χ4n) is 5.62. The number of ketones is 3. The Morgan fingerprint density at radius 2 is 1.53 bits per heavy atom. The lowest BCUT2D eigenvalue weighted by atomic mass is 9.71. The van der Waals surface area contributed by atoms with Gasteiger partial charge in [0, 0.05) is 24.7 Å². The zero-order valence-electron chi connectivity index (χ0n) is 20.4. The van der Waals surface area contributed by atoms with Crippen LogP contribution in [-0.2, 0) is 38.2 Å². The number of piperidine rings is 1.